The normalized spacial score (nSPS) is 17.0. The average Bonchev–Trinajstić information content (AvgIpc) is 2.10. The molecule has 0 radical (unpaired) electrons. The van der Waals surface area contributed by atoms with Crippen molar-refractivity contribution in [1.29, 1.82) is 0 Å². The van der Waals surface area contributed by atoms with E-state index in [-0.39, 0.29) is 37.4 Å². The van der Waals surface area contributed by atoms with Crippen LogP contribution in [0.15, 0.2) is 0 Å². The molecule has 0 aliphatic carbocycles. The molecule has 0 fully saturated rings. The molecule has 0 aromatic rings. The minimum absolute atomic E-state index is 0. The molecule has 15 nitrogen and oxygen atoms in total. The molecule has 0 aromatic heterocycles. The molecule has 23 heteroatoms. The Bertz CT molecular complexity index is 320. The molecule has 0 saturated carbocycles. The molecule has 0 N–H and O–H groups in total. The zero-order valence-corrected chi connectivity index (χ0v) is 18.0. The maximum absolute atomic E-state index is 9.29. The first-order chi connectivity index (χ1) is 9.38. The van der Waals surface area contributed by atoms with Gasteiger partial charge in [-0.2, -0.15) is 0 Å². The first-order valence-corrected chi connectivity index (χ1v) is 11.0. The van der Waals surface area contributed by atoms with Crippen LogP contribution in [-0.2, 0) is 58.9 Å². The molecule has 0 rings (SSSR count). The molecule has 0 aromatic carbocycles. The summed E-state index contributed by atoms with van der Waals surface area (Å²) in [6.45, 7) is 0. The van der Waals surface area contributed by atoms with Crippen molar-refractivity contribution in [2.45, 2.75) is 0 Å². The largest absolute Gasteiger partial charge is 5.00 e. The van der Waals surface area contributed by atoms with Gasteiger partial charge < -0.3 is 56.8 Å². The topological polar surface area (TPSA) is 268 Å². The second-order valence-corrected chi connectivity index (χ2v) is 7.26. The smallest absolute Gasteiger partial charge is 0.781 e. The summed E-state index contributed by atoms with van der Waals surface area (Å²) in [5.41, 5.74) is 0. The molecule has 0 amide bonds. The summed E-state index contributed by atoms with van der Waals surface area (Å²) in [4.78, 5) is 55.7. The quantitative estimate of drug-likeness (QED) is 0.247. The van der Waals surface area contributed by atoms with E-state index in [1.165, 1.54) is 0 Å². The average molecular weight is 490 g/mol. The van der Waals surface area contributed by atoms with Crippen molar-refractivity contribution >= 4 is 49.5 Å². The Morgan fingerprint density at radius 1 is 0.435 bits per heavy atom. The van der Waals surface area contributed by atoms with E-state index in [0.29, 0.717) is 0 Å². The van der Waals surface area contributed by atoms with Gasteiger partial charge in [-0.15, -0.1) is 0 Å². The van der Waals surface area contributed by atoms with Crippen LogP contribution in [0.3, 0.4) is 0 Å². The first-order valence-electron chi connectivity index (χ1n) is 3.67. The van der Waals surface area contributed by atoms with Crippen LogP contribution in [0.5, 0.6) is 0 Å². The zero-order valence-electron chi connectivity index (χ0n) is 10.6. The standard InChI is InChI=1S/Li.3H4O5P2.V/c;3*1-6(2)5-7(3)4;/h;3*6-7H,(H,1,2)(H,3,4);/q+1;;;;+5/p-6. The van der Waals surface area contributed by atoms with Crippen LogP contribution in [0, 0.1) is 0 Å². The van der Waals surface area contributed by atoms with E-state index >= 15 is 0 Å². The van der Waals surface area contributed by atoms with E-state index in [4.69, 9.17) is 0 Å². The van der Waals surface area contributed by atoms with Crippen molar-refractivity contribution in [1.82, 2.24) is 0 Å². The van der Waals surface area contributed by atoms with E-state index in [0.717, 1.165) is 0 Å². The second-order valence-electron chi connectivity index (χ2n) is 1.81. The fourth-order valence-electron chi connectivity index (χ4n) is 0.204. The summed E-state index contributed by atoms with van der Waals surface area (Å²) >= 11 is 0. The van der Waals surface area contributed by atoms with Gasteiger partial charge in [0.25, 0.3) is 0 Å². The fraction of sp³-hybridized carbons (Fsp3) is 0. The zero-order chi connectivity index (χ0) is 17.6. The third kappa shape index (κ3) is 59.1. The van der Waals surface area contributed by atoms with E-state index in [2.05, 4.69) is 12.9 Å². The van der Waals surface area contributed by atoms with Gasteiger partial charge in [-0.05, 0) is 0 Å². The predicted molar refractivity (Wildman–Crippen MR) is 57.3 cm³/mol. The van der Waals surface area contributed by atoms with Gasteiger partial charge in [0.2, 0.25) is 0 Å². The van der Waals surface area contributed by atoms with Crippen LogP contribution in [-0.4, -0.2) is 0 Å². The van der Waals surface area contributed by atoms with Crippen molar-refractivity contribution in [3.05, 3.63) is 0 Å². The Hall–Kier alpha value is 2.20. The van der Waals surface area contributed by atoms with Gasteiger partial charge >= 0.3 is 37.4 Å². The van der Waals surface area contributed by atoms with Gasteiger partial charge in [0.05, 0.1) is 0 Å². The van der Waals surface area contributed by atoms with E-state index in [1.54, 1.807) is 0 Å². The van der Waals surface area contributed by atoms with Gasteiger partial charge in [-0.3, -0.25) is 12.9 Å². The van der Waals surface area contributed by atoms with Crippen molar-refractivity contribution in [2.75, 3.05) is 0 Å². The fourth-order valence-corrected chi connectivity index (χ4v) is 1.84. The summed E-state index contributed by atoms with van der Waals surface area (Å²) in [6, 6.07) is 0. The van der Waals surface area contributed by atoms with Crippen LogP contribution >= 0.6 is 49.5 Å². The number of rotatable bonds is 6. The Labute approximate surface area is 156 Å². The number of hydrogen-bond acceptors (Lipinski definition) is 15. The molecule has 0 aliphatic heterocycles. The van der Waals surface area contributed by atoms with Crippen LogP contribution < -0.4 is 48.2 Å². The van der Waals surface area contributed by atoms with Crippen molar-refractivity contribution < 1.29 is 107 Å². The number of hydrogen-bond donors (Lipinski definition) is 0. The summed E-state index contributed by atoms with van der Waals surface area (Å²) in [6.07, 6.45) is 0. The van der Waals surface area contributed by atoms with Gasteiger partial charge in [0.15, 0.2) is 0 Å². The Kier molecular flexibility index (Phi) is 38.1. The first kappa shape index (κ1) is 36.2. The minimum Gasteiger partial charge on any atom is -0.781 e. The van der Waals surface area contributed by atoms with Crippen LogP contribution in [0.4, 0.5) is 0 Å². The third-order valence-electron chi connectivity index (χ3n) is 0.500. The molecule has 0 bridgehead atoms. The van der Waals surface area contributed by atoms with E-state index in [1.807, 2.05) is 0 Å². The van der Waals surface area contributed by atoms with E-state index in [9.17, 15) is 56.8 Å². The summed E-state index contributed by atoms with van der Waals surface area (Å²) in [5, 5.41) is 0. The van der Waals surface area contributed by atoms with Crippen LogP contribution in [0.1, 0.15) is 0 Å². The molecule has 6 unspecified atom stereocenters. The maximum atomic E-state index is 9.29. The Morgan fingerprint density at radius 2 is 0.522 bits per heavy atom. The molecule has 0 saturated heterocycles. The summed E-state index contributed by atoms with van der Waals surface area (Å²) in [5.74, 6) is 0. The van der Waals surface area contributed by atoms with Crippen LogP contribution in [0.25, 0.3) is 0 Å². The predicted octanol–water partition coefficient (Wildman–Crippen LogP) is -7.49. The SMILES string of the molecule is O=[PH]([O-])O[PH](=O)[O-].O=[PH]([O-])O[PH](=O)[O-].O=[PH]([O-])O[PH](=O)[O-].[Li+].[V+5]. The minimum atomic E-state index is -3.51. The summed E-state index contributed by atoms with van der Waals surface area (Å²) < 4.78 is 65.4. The molecular formula is H6LiO15P6V. The molecule has 132 valence electrons. The second kappa shape index (κ2) is 24.2. The monoisotopic (exact) mass is 490 g/mol. The molecule has 0 spiro atoms. The summed E-state index contributed by atoms with van der Waals surface area (Å²) in [7, 11) is -21.1. The van der Waals surface area contributed by atoms with E-state index < -0.39 is 49.5 Å². The van der Waals surface area contributed by atoms with Crippen LogP contribution in [0.2, 0.25) is 0 Å². The van der Waals surface area contributed by atoms with Gasteiger partial charge in [-0.1, -0.05) is 0 Å². The molecule has 6 atom stereocenters. The molecule has 0 heterocycles. The van der Waals surface area contributed by atoms with Crippen molar-refractivity contribution in [2.24, 2.45) is 0 Å². The van der Waals surface area contributed by atoms with Gasteiger partial charge in [-0.25, -0.2) is 0 Å². The van der Waals surface area contributed by atoms with Crippen molar-refractivity contribution in [3.8, 4) is 0 Å². The molecular weight excluding hydrogens is 484 g/mol. The van der Waals surface area contributed by atoms with Crippen molar-refractivity contribution in [3.63, 3.8) is 0 Å². The van der Waals surface area contributed by atoms with Gasteiger partial charge in [0.1, 0.15) is 49.5 Å². The molecule has 0 aliphatic rings. The Morgan fingerprint density at radius 3 is 0.522 bits per heavy atom. The maximum Gasteiger partial charge on any atom is 5.00 e. The Balaban J connectivity index is -0.0000000675. The third-order valence-corrected chi connectivity index (χ3v) is 4.50. The molecule has 23 heavy (non-hydrogen) atoms. The van der Waals surface area contributed by atoms with Gasteiger partial charge in [0, 0.05) is 0 Å².